The summed E-state index contributed by atoms with van der Waals surface area (Å²) in [4.78, 5) is 32.2. The lowest BCUT2D eigenvalue weighted by Gasteiger charge is -2.40. The molecule has 0 saturated carbocycles. The molecule has 0 bridgehead atoms. The summed E-state index contributed by atoms with van der Waals surface area (Å²) >= 11 is 0. The first kappa shape index (κ1) is 21.3. The molecule has 1 N–H and O–H groups in total. The summed E-state index contributed by atoms with van der Waals surface area (Å²) < 4.78 is 1.80. The predicted molar refractivity (Wildman–Crippen MR) is 118 cm³/mol. The lowest BCUT2D eigenvalue weighted by molar-refractivity contribution is -0.132. The van der Waals surface area contributed by atoms with Crippen molar-refractivity contribution in [3.8, 4) is 0 Å². The van der Waals surface area contributed by atoms with Crippen LogP contribution in [0.2, 0.25) is 0 Å². The number of hydrogen-bond acceptors (Lipinski definition) is 5. The van der Waals surface area contributed by atoms with Gasteiger partial charge in [-0.1, -0.05) is 19.2 Å². The number of rotatable bonds is 8. The van der Waals surface area contributed by atoms with E-state index in [9.17, 15) is 9.59 Å². The largest absolute Gasteiger partial charge is 0.338 e. The third-order valence-electron chi connectivity index (χ3n) is 5.19. The van der Waals surface area contributed by atoms with Crippen LogP contribution < -0.4 is 5.32 Å². The van der Waals surface area contributed by atoms with E-state index in [1.165, 1.54) is 6.08 Å². The number of nitrogens with zero attached hydrogens (tertiary/aromatic N) is 5. The van der Waals surface area contributed by atoms with E-state index in [2.05, 4.69) is 28.6 Å². The number of aromatic nitrogens is 2. The third-order valence-corrected chi connectivity index (χ3v) is 5.19. The van der Waals surface area contributed by atoms with Crippen molar-refractivity contribution in [3.63, 3.8) is 0 Å². The minimum atomic E-state index is -0.107. The minimum absolute atomic E-state index is 0.0459. The summed E-state index contributed by atoms with van der Waals surface area (Å²) in [7, 11) is 0. The highest BCUT2D eigenvalue weighted by atomic mass is 16.2. The molecule has 8 nitrogen and oxygen atoms in total. The summed E-state index contributed by atoms with van der Waals surface area (Å²) in [5.41, 5.74) is 1.65. The molecule has 2 aliphatic heterocycles. The molecule has 0 radical (unpaired) electrons. The number of aryl methyl sites for hydroxylation is 1. The van der Waals surface area contributed by atoms with Crippen molar-refractivity contribution in [2.75, 3.05) is 25.0 Å². The van der Waals surface area contributed by atoms with Gasteiger partial charge in [0.05, 0.1) is 11.9 Å². The Labute approximate surface area is 176 Å². The van der Waals surface area contributed by atoms with Gasteiger partial charge in [-0.3, -0.25) is 19.2 Å². The fourth-order valence-corrected chi connectivity index (χ4v) is 3.45. The zero-order valence-corrected chi connectivity index (χ0v) is 17.5. The second kappa shape index (κ2) is 9.39. The van der Waals surface area contributed by atoms with Gasteiger partial charge in [0, 0.05) is 44.0 Å². The van der Waals surface area contributed by atoms with Crippen LogP contribution in [0.5, 0.6) is 0 Å². The molecule has 3 rings (SSSR count). The first-order valence-corrected chi connectivity index (χ1v) is 10.1. The maximum atomic E-state index is 12.6. The SMILES string of the molecule is C=CC(=O)N1CC(CCN2C(=O)C=CC(=C/C)/C2=N\C(=C)Nc2cnn(CC)c2)C1. The number of aliphatic imine (C=N–C) groups is 1. The second-order valence-corrected chi connectivity index (χ2v) is 7.26. The molecule has 3 heterocycles. The van der Waals surface area contributed by atoms with Crippen LogP contribution in [0.4, 0.5) is 5.69 Å². The monoisotopic (exact) mass is 408 g/mol. The lowest BCUT2D eigenvalue weighted by Crippen LogP contribution is -2.51. The van der Waals surface area contributed by atoms with Gasteiger partial charge in [-0.15, -0.1) is 0 Å². The summed E-state index contributed by atoms with van der Waals surface area (Å²) in [6.07, 6.45) is 11.0. The Morgan fingerprint density at radius 1 is 1.40 bits per heavy atom. The molecule has 2 amide bonds. The van der Waals surface area contributed by atoms with Crippen molar-refractivity contribution < 1.29 is 9.59 Å². The topological polar surface area (TPSA) is 82.8 Å². The van der Waals surface area contributed by atoms with Gasteiger partial charge in [-0.05, 0) is 38.3 Å². The van der Waals surface area contributed by atoms with E-state index in [1.807, 2.05) is 26.1 Å². The average Bonchev–Trinajstić information content (AvgIpc) is 3.15. The van der Waals surface area contributed by atoms with Crippen LogP contribution in [0.25, 0.3) is 0 Å². The van der Waals surface area contributed by atoms with Crippen LogP contribution in [-0.4, -0.2) is 56.9 Å². The number of amides is 2. The summed E-state index contributed by atoms with van der Waals surface area (Å²) in [5.74, 6) is 1.21. The smallest absolute Gasteiger partial charge is 0.252 e. The lowest BCUT2D eigenvalue weighted by atomic mass is 9.95. The highest BCUT2D eigenvalue weighted by Gasteiger charge is 2.31. The van der Waals surface area contributed by atoms with Gasteiger partial charge in [0.1, 0.15) is 11.7 Å². The zero-order valence-electron chi connectivity index (χ0n) is 17.5. The van der Waals surface area contributed by atoms with Crippen LogP contribution in [0.3, 0.4) is 0 Å². The highest BCUT2D eigenvalue weighted by Crippen LogP contribution is 2.22. The molecule has 0 atom stereocenters. The molecule has 8 heteroatoms. The van der Waals surface area contributed by atoms with Gasteiger partial charge in [-0.2, -0.15) is 5.10 Å². The van der Waals surface area contributed by atoms with Gasteiger partial charge in [0.25, 0.3) is 5.91 Å². The van der Waals surface area contributed by atoms with Crippen molar-refractivity contribution in [2.45, 2.75) is 26.8 Å². The van der Waals surface area contributed by atoms with E-state index < -0.39 is 0 Å². The summed E-state index contributed by atoms with van der Waals surface area (Å²) in [6, 6.07) is 0. The summed E-state index contributed by atoms with van der Waals surface area (Å²) in [6.45, 7) is 14.1. The number of allylic oxidation sites excluding steroid dienone is 1. The van der Waals surface area contributed by atoms with Crippen LogP contribution in [-0.2, 0) is 16.1 Å². The molecule has 0 spiro atoms. The highest BCUT2D eigenvalue weighted by molar-refractivity contribution is 6.15. The molecule has 0 aromatic carbocycles. The Bertz CT molecular complexity index is 933. The first-order valence-electron chi connectivity index (χ1n) is 10.1. The number of likely N-dealkylation sites (tertiary alicyclic amines) is 1. The second-order valence-electron chi connectivity index (χ2n) is 7.26. The van der Waals surface area contributed by atoms with E-state index in [4.69, 9.17) is 0 Å². The number of anilines is 1. The van der Waals surface area contributed by atoms with Crippen LogP contribution in [0.15, 0.2) is 66.2 Å². The fraction of sp³-hybridized carbons (Fsp3) is 0.364. The number of amidine groups is 1. The molecular formula is C22H28N6O2. The molecule has 0 unspecified atom stereocenters. The van der Waals surface area contributed by atoms with Crippen molar-refractivity contribution in [2.24, 2.45) is 10.9 Å². The van der Waals surface area contributed by atoms with Crippen LogP contribution >= 0.6 is 0 Å². The average molecular weight is 409 g/mol. The van der Waals surface area contributed by atoms with Gasteiger partial charge in [0.2, 0.25) is 5.91 Å². The maximum absolute atomic E-state index is 12.6. The Kier molecular flexibility index (Phi) is 6.66. The first-order chi connectivity index (χ1) is 14.4. The van der Waals surface area contributed by atoms with Gasteiger partial charge < -0.3 is 10.2 Å². The molecule has 1 aromatic heterocycles. The van der Waals surface area contributed by atoms with E-state index in [0.29, 0.717) is 37.2 Å². The molecule has 1 fully saturated rings. The number of carbonyl (C=O) groups excluding carboxylic acids is 2. The standard InChI is InChI=1S/C22H28N6O2/c1-5-18-8-9-21(30)28(11-10-17-13-26(14-17)20(29)6-2)22(18)25-16(4)24-19-12-23-27(7-3)15-19/h5-6,8-9,12,15,17,24H,2,4,7,10-11,13-14H2,1,3H3/b18-5-,25-22+. The Morgan fingerprint density at radius 2 is 2.17 bits per heavy atom. The number of hydrogen-bond donors (Lipinski definition) is 1. The summed E-state index contributed by atoms with van der Waals surface area (Å²) in [5, 5.41) is 7.35. The van der Waals surface area contributed by atoms with Crippen molar-refractivity contribution in [3.05, 3.63) is 61.2 Å². The molecule has 30 heavy (non-hydrogen) atoms. The molecule has 158 valence electrons. The normalized spacial score (nSPS) is 19.3. The minimum Gasteiger partial charge on any atom is -0.338 e. The van der Waals surface area contributed by atoms with Gasteiger partial charge in [0.15, 0.2) is 0 Å². The van der Waals surface area contributed by atoms with Gasteiger partial charge >= 0.3 is 0 Å². The van der Waals surface area contributed by atoms with Crippen molar-refractivity contribution in [1.29, 1.82) is 0 Å². The van der Waals surface area contributed by atoms with Crippen LogP contribution in [0.1, 0.15) is 20.3 Å². The van der Waals surface area contributed by atoms with E-state index >= 15 is 0 Å². The Hall–Kier alpha value is -3.42. The number of nitrogens with one attached hydrogen (secondary N) is 1. The molecular weight excluding hydrogens is 380 g/mol. The van der Waals surface area contributed by atoms with Crippen LogP contribution in [0, 0.1) is 5.92 Å². The maximum Gasteiger partial charge on any atom is 0.252 e. The van der Waals surface area contributed by atoms with E-state index in [1.54, 1.807) is 32.8 Å². The van der Waals surface area contributed by atoms with Crippen molar-refractivity contribution in [1.82, 2.24) is 19.6 Å². The quantitative estimate of drug-likeness (QED) is 0.670. The Balaban J connectivity index is 1.68. The van der Waals surface area contributed by atoms with E-state index in [0.717, 1.165) is 24.2 Å². The molecule has 1 saturated heterocycles. The molecule has 1 aromatic rings. The third kappa shape index (κ3) is 4.76. The molecule has 2 aliphatic rings. The zero-order chi connectivity index (χ0) is 21.7. The fourth-order valence-electron chi connectivity index (χ4n) is 3.45. The predicted octanol–water partition coefficient (Wildman–Crippen LogP) is 2.56. The van der Waals surface area contributed by atoms with Gasteiger partial charge in [-0.25, -0.2) is 4.99 Å². The Morgan fingerprint density at radius 3 is 2.80 bits per heavy atom. The number of carbonyl (C=O) groups is 2. The van der Waals surface area contributed by atoms with Crippen molar-refractivity contribution >= 4 is 23.3 Å². The van der Waals surface area contributed by atoms with E-state index in [-0.39, 0.29) is 11.8 Å². The molecule has 0 aliphatic carbocycles.